The van der Waals surface area contributed by atoms with Crippen LogP contribution in [0.4, 0.5) is 4.39 Å². The third kappa shape index (κ3) is 5.87. The molecule has 2 aromatic rings. The van der Waals surface area contributed by atoms with Gasteiger partial charge in [0.1, 0.15) is 5.82 Å². The number of amides is 1. The second-order valence-corrected chi connectivity index (χ2v) is 7.09. The molecular formula is C20H27FN4O2. The molecule has 1 amide bonds. The van der Waals surface area contributed by atoms with Gasteiger partial charge in [-0.15, -0.1) is 0 Å². The van der Waals surface area contributed by atoms with Crippen molar-refractivity contribution in [3.05, 3.63) is 54.1 Å². The Balaban J connectivity index is 1.34. The van der Waals surface area contributed by atoms with Crippen molar-refractivity contribution in [2.24, 2.45) is 5.92 Å². The first-order chi connectivity index (χ1) is 13.1. The van der Waals surface area contributed by atoms with Gasteiger partial charge in [-0.05, 0) is 50.0 Å². The molecule has 1 atom stereocenters. The molecule has 0 spiro atoms. The summed E-state index contributed by atoms with van der Waals surface area (Å²) >= 11 is 0. The molecule has 1 aromatic heterocycles. The van der Waals surface area contributed by atoms with Crippen LogP contribution in [0.2, 0.25) is 0 Å². The number of halogens is 1. The van der Waals surface area contributed by atoms with Crippen molar-refractivity contribution in [2.45, 2.75) is 31.9 Å². The maximum absolute atomic E-state index is 13.6. The van der Waals surface area contributed by atoms with Crippen molar-refractivity contribution >= 4 is 5.91 Å². The number of piperidine rings is 1. The highest BCUT2D eigenvalue weighted by molar-refractivity contribution is 5.78. The molecule has 1 saturated heterocycles. The predicted octanol–water partition coefficient (Wildman–Crippen LogP) is 1.45. The van der Waals surface area contributed by atoms with Gasteiger partial charge in [0, 0.05) is 31.4 Å². The van der Waals surface area contributed by atoms with Crippen LogP contribution < -0.4 is 5.32 Å². The van der Waals surface area contributed by atoms with Crippen molar-refractivity contribution in [3.8, 4) is 0 Å². The molecule has 0 aliphatic carbocycles. The Bertz CT molecular complexity index is 715. The van der Waals surface area contributed by atoms with Crippen LogP contribution in [0.25, 0.3) is 0 Å². The Kier molecular flexibility index (Phi) is 6.95. The van der Waals surface area contributed by atoms with Crippen molar-refractivity contribution in [3.63, 3.8) is 0 Å². The smallest absolute Gasteiger partial charge is 0.223 e. The molecule has 1 aliphatic heterocycles. The summed E-state index contributed by atoms with van der Waals surface area (Å²) in [5.74, 6) is -0.193. The maximum atomic E-state index is 13.6. The number of hydrogen-bond acceptors (Lipinski definition) is 4. The number of nitrogens with one attached hydrogen (secondary N) is 1. The van der Waals surface area contributed by atoms with Crippen LogP contribution in [0.5, 0.6) is 0 Å². The van der Waals surface area contributed by atoms with E-state index in [1.165, 1.54) is 6.07 Å². The van der Waals surface area contributed by atoms with Gasteiger partial charge in [-0.1, -0.05) is 18.2 Å². The van der Waals surface area contributed by atoms with Crippen molar-refractivity contribution in [1.29, 1.82) is 0 Å². The molecule has 2 N–H and O–H groups in total. The number of rotatable bonds is 8. The highest BCUT2D eigenvalue weighted by Crippen LogP contribution is 2.18. The zero-order valence-electron chi connectivity index (χ0n) is 15.4. The standard InChI is InChI=1S/C20H27FN4O2/c21-19-5-2-1-4-16(19)6-10-22-20(27)17-7-12-24(13-8-17)14-18(26)15-25-11-3-9-23-25/h1-5,9,11,17-18,26H,6-8,10,12-15H2,(H,22,27). The first-order valence-electron chi connectivity index (χ1n) is 9.51. The van der Waals surface area contributed by atoms with E-state index >= 15 is 0 Å². The lowest BCUT2D eigenvalue weighted by molar-refractivity contribution is -0.126. The Morgan fingerprint density at radius 2 is 2.04 bits per heavy atom. The molecule has 1 fully saturated rings. The molecule has 2 heterocycles. The van der Waals surface area contributed by atoms with Crippen LogP contribution in [0.15, 0.2) is 42.7 Å². The predicted molar refractivity (Wildman–Crippen MR) is 101 cm³/mol. The zero-order valence-corrected chi connectivity index (χ0v) is 15.4. The minimum Gasteiger partial charge on any atom is -0.390 e. The van der Waals surface area contributed by atoms with Gasteiger partial charge in [-0.3, -0.25) is 9.48 Å². The minimum atomic E-state index is -0.476. The number of β-amino-alcohol motifs (C(OH)–C–C–N with tert-alkyl or cyclic N) is 1. The lowest BCUT2D eigenvalue weighted by Crippen LogP contribution is -2.44. The molecular weight excluding hydrogens is 347 g/mol. The highest BCUT2D eigenvalue weighted by Gasteiger charge is 2.25. The van der Waals surface area contributed by atoms with Crippen LogP contribution in [0.1, 0.15) is 18.4 Å². The third-order valence-electron chi connectivity index (χ3n) is 5.04. The van der Waals surface area contributed by atoms with Crippen LogP contribution >= 0.6 is 0 Å². The normalized spacial score (nSPS) is 17.0. The molecule has 7 heteroatoms. The topological polar surface area (TPSA) is 70.4 Å². The molecule has 3 rings (SSSR count). The lowest BCUT2D eigenvalue weighted by Gasteiger charge is -2.32. The van der Waals surface area contributed by atoms with Crippen molar-refractivity contribution in [1.82, 2.24) is 20.0 Å². The van der Waals surface area contributed by atoms with E-state index in [0.29, 0.717) is 31.6 Å². The van der Waals surface area contributed by atoms with Crippen LogP contribution in [-0.2, 0) is 17.8 Å². The molecule has 1 aromatic carbocycles. The van der Waals surface area contributed by atoms with Crippen LogP contribution in [-0.4, -0.2) is 58.0 Å². The van der Waals surface area contributed by atoms with E-state index in [1.54, 1.807) is 29.1 Å². The second kappa shape index (κ2) is 9.62. The number of carbonyl (C=O) groups is 1. The summed E-state index contributed by atoms with van der Waals surface area (Å²) in [4.78, 5) is 14.5. The molecule has 27 heavy (non-hydrogen) atoms. The van der Waals surface area contributed by atoms with Gasteiger partial charge in [-0.25, -0.2) is 4.39 Å². The number of benzene rings is 1. The summed E-state index contributed by atoms with van der Waals surface area (Å²) in [6.45, 7) is 3.09. The van der Waals surface area contributed by atoms with E-state index in [4.69, 9.17) is 0 Å². The highest BCUT2D eigenvalue weighted by atomic mass is 19.1. The summed E-state index contributed by atoms with van der Waals surface area (Å²) in [5.41, 5.74) is 0.624. The number of aliphatic hydroxyl groups is 1. The minimum absolute atomic E-state index is 0.00914. The zero-order chi connectivity index (χ0) is 19.1. The first kappa shape index (κ1) is 19.5. The van der Waals surface area contributed by atoms with E-state index in [1.807, 2.05) is 12.3 Å². The van der Waals surface area contributed by atoms with Crippen LogP contribution in [0.3, 0.4) is 0 Å². The fourth-order valence-corrected chi connectivity index (χ4v) is 3.52. The van der Waals surface area contributed by atoms with Gasteiger partial charge in [0.25, 0.3) is 0 Å². The van der Waals surface area contributed by atoms with E-state index in [2.05, 4.69) is 15.3 Å². The number of hydrogen-bond donors (Lipinski definition) is 2. The fraction of sp³-hybridized carbons (Fsp3) is 0.500. The average molecular weight is 374 g/mol. The van der Waals surface area contributed by atoms with Crippen molar-refractivity contribution < 1.29 is 14.3 Å². The number of aliphatic hydroxyl groups excluding tert-OH is 1. The van der Waals surface area contributed by atoms with Gasteiger partial charge < -0.3 is 15.3 Å². The summed E-state index contributed by atoms with van der Waals surface area (Å²) in [6, 6.07) is 8.49. The van der Waals surface area contributed by atoms with Gasteiger partial charge in [0.2, 0.25) is 5.91 Å². The quantitative estimate of drug-likeness (QED) is 0.734. The molecule has 1 unspecified atom stereocenters. The SMILES string of the molecule is O=C(NCCc1ccccc1F)C1CCN(CC(O)Cn2cccn2)CC1. The second-order valence-electron chi connectivity index (χ2n) is 7.09. The van der Waals surface area contributed by atoms with Gasteiger partial charge in [-0.2, -0.15) is 5.10 Å². The van der Waals surface area contributed by atoms with E-state index < -0.39 is 6.10 Å². The largest absolute Gasteiger partial charge is 0.390 e. The number of likely N-dealkylation sites (tertiary alicyclic amines) is 1. The number of aromatic nitrogens is 2. The molecule has 146 valence electrons. The molecule has 0 radical (unpaired) electrons. The van der Waals surface area contributed by atoms with E-state index in [9.17, 15) is 14.3 Å². The third-order valence-corrected chi connectivity index (χ3v) is 5.04. The van der Waals surface area contributed by atoms with Crippen LogP contribution in [0, 0.1) is 11.7 Å². The Hall–Kier alpha value is -2.25. The average Bonchev–Trinajstić information content (AvgIpc) is 3.16. The summed E-state index contributed by atoms with van der Waals surface area (Å²) in [6.07, 6.45) is 5.11. The summed E-state index contributed by atoms with van der Waals surface area (Å²) in [5, 5.41) is 17.2. The summed E-state index contributed by atoms with van der Waals surface area (Å²) < 4.78 is 15.3. The van der Waals surface area contributed by atoms with Gasteiger partial charge >= 0.3 is 0 Å². The Morgan fingerprint density at radius 3 is 2.74 bits per heavy atom. The van der Waals surface area contributed by atoms with E-state index in [0.717, 1.165) is 25.9 Å². The molecule has 0 saturated carbocycles. The lowest BCUT2D eigenvalue weighted by atomic mass is 9.95. The van der Waals surface area contributed by atoms with Gasteiger partial charge in [0.15, 0.2) is 0 Å². The number of carbonyl (C=O) groups excluding carboxylic acids is 1. The fourth-order valence-electron chi connectivity index (χ4n) is 3.52. The first-order valence-corrected chi connectivity index (χ1v) is 9.51. The van der Waals surface area contributed by atoms with Crippen molar-refractivity contribution in [2.75, 3.05) is 26.2 Å². The maximum Gasteiger partial charge on any atom is 0.223 e. The summed E-state index contributed by atoms with van der Waals surface area (Å²) in [7, 11) is 0. The molecule has 6 nitrogen and oxygen atoms in total. The Morgan fingerprint density at radius 1 is 1.26 bits per heavy atom. The molecule has 1 aliphatic rings. The monoisotopic (exact) mass is 374 g/mol. The Labute approximate surface area is 159 Å². The van der Waals surface area contributed by atoms with E-state index in [-0.39, 0.29) is 17.6 Å². The molecule has 0 bridgehead atoms. The van der Waals surface area contributed by atoms with Gasteiger partial charge in [0.05, 0.1) is 12.6 Å². The number of nitrogens with zero attached hydrogens (tertiary/aromatic N) is 3.